The lowest BCUT2D eigenvalue weighted by Crippen LogP contribution is -2.46. The Morgan fingerprint density at radius 1 is 0.947 bits per heavy atom. The lowest BCUT2D eigenvalue weighted by molar-refractivity contribution is -0.137. The van der Waals surface area contributed by atoms with Crippen molar-refractivity contribution in [1.29, 1.82) is 0 Å². The molecule has 6 unspecified atom stereocenters. The number of unbranched alkanes of at least 4 members (excludes halogenated alkanes) is 9. The van der Waals surface area contributed by atoms with Gasteiger partial charge in [0.25, 0.3) is 0 Å². The zero-order valence-electron chi connectivity index (χ0n) is 24.0. The summed E-state index contributed by atoms with van der Waals surface area (Å²) >= 11 is 0. The van der Waals surface area contributed by atoms with Crippen LogP contribution < -0.4 is 0 Å². The van der Waals surface area contributed by atoms with E-state index in [-0.39, 0.29) is 25.4 Å². The Labute approximate surface area is 231 Å². The van der Waals surface area contributed by atoms with Gasteiger partial charge in [0, 0.05) is 38.7 Å². The van der Waals surface area contributed by atoms with Gasteiger partial charge in [-0.15, -0.1) is 0 Å². The first kappa shape index (κ1) is 39.4. The second-order valence-electron chi connectivity index (χ2n) is 9.85. The second-order valence-corrected chi connectivity index (χ2v) is 10.8. The summed E-state index contributed by atoms with van der Waals surface area (Å²) < 4.78 is 15.2. The van der Waals surface area contributed by atoms with Gasteiger partial charge in [0.15, 0.2) is 0 Å². The van der Waals surface area contributed by atoms with Gasteiger partial charge in [0.05, 0.1) is 31.5 Å². The van der Waals surface area contributed by atoms with Crippen LogP contribution in [0.5, 0.6) is 0 Å². The third kappa shape index (κ3) is 25.6. The number of carbonyl (C=O) groups excluding carboxylic acids is 1. The fourth-order valence-corrected chi connectivity index (χ4v) is 4.54. The minimum Gasteiger partial charge on any atom is -0.481 e. The van der Waals surface area contributed by atoms with Crippen LogP contribution in [0.15, 0.2) is 0 Å². The number of aliphatic hydroxyl groups is 3. The van der Waals surface area contributed by atoms with Crippen molar-refractivity contribution >= 4 is 20.9 Å². The molecule has 0 radical (unpaired) electrons. The molecule has 1 rings (SSSR count). The average Bonchev–Trinajstić information content (AvgIpc) is 2.86. The standard InChI is InChI=1S/C11H23O7P.C8H16O2.C8H16O/c1-7(5-16-2)6-17-19(15)18-10-4-8(12)3-9(13)11(10)14;1-2-3-4-5-6-7-8(9)10;1-2-3-4-5-6-7-8-9/h7-15H,3-6H2,1-2H3;2-7H2,1H3,(H,9,10);8H,2-7H2,1H3. The number of carboxylic acid groups (broad SMARTS) is 1. The molecule has 0 heterocycles. The molecule has 0 aromatic rings. The molecule has 11 heteroatoms. The third-order valence-corrected chi connectivity index (χ3v) is 6.68. The van der Waals surface area contributed by atoms with E-state index >= 15 is 0 Å². The fourth-order valence-electron chi connectivity index (χ4n) is 3.66. The summed E-state index contributed by atoms with van der Waals surface area (Å²) in [6, 6.07) is 0. The Kier molecular flexibility index (Phi) is 28.9. The molecule has 1 saturated carbocycles. The van der Waals surface area contributed by atoms with Crippen LogP contribution in [0.2, 0.25) is 0 Å². The fraction of sp³-hybridized carbons (Fsp3) is 0.926. The van der Waals surface area contributed by atoms with Crippen molar-refractivity contribution in [3.05, 3.63) is 0 Å². The van der Waals surface area contributed by atoms with Gasteiger partial charge < -0.3 is 43.9 Å². The Hall–Kier alpha value is -0.710. The van der Waals surface area contributed by atoms with E-state index in [4.69, 9.17) is 18.9 Å². The van der Waals surface area contributed by atoms with Crippen LogP contribution in [-0.2, 0) is 23.4 Å². The van der Waals surface area contributed by atoms with Crippen molar-refractivity contribution in [2.45, 2.75) is 135 Å². The highest BCUT2D eigenvalue weighted by atomic mass is 31.2. The predicted molar refractivity (Wildman–Crippen MR) is 149 cm³/mol. The molecule has 0 aromatic heterocycles. The highest BCUT2D eigenvalue weighted by Crippen LogP contribution is 2.39. The van der Waals surface area contributed by atoms with E-state index in [0.29, 0.717) is 13.0 Å². The number of hydrogen-bond acceptors (Lipinski definition) is 9. The lowest BCUT2D eigenvalue weighted by atomic mass is 9.90. The molecule has 228 valence electrons. The van der Waals surface area contributed by atoms with E-state index in [1.54, 1.807) is 7.11 Å². The second kappa shape index (κ2) is 27.8. The highest BCUT2D eigenvalue weighted by molar-refractivity contribution is 7.40. The van der Waals surface area contributed by atoms with Crippen molar-refractivity contribution in [3.63, 3.8) is 0 Å². The quantitative estimate of drug-likeness (QED) is 0.0832. The summed E-state index contributed by atoms with van der Waals surface area (Å²) in [6.07, 6.45) is 10.4. The van der Waals surface area contributed by atoms with Gasteiger partial charge in [-0.05, 0) is 12.8 Å². The average molecular weight is 571 g/mol. The Morgan fingerprint density at radius 2 is 1.53 bits per heavy atom. The number of carbonyl (C=O) groups is 2. The van der Waals surface area contributed by atoms with E-state index < -0.39 is 39.0 Å². The molecule has 38 heavy (non-hydrogen) atoms. The normalized spacial score (nSPS) is 22.3. The zero-order chi connectivity index (χ0) is 29.2. The van der Waals surface area contributed by atoms with E-state index in [0.717, 1.165) is 32.0 Å². The summed E-state index contributed by atoms with van der Waals surface area (Å²) in [7, 11) is -0.570. The molecular weight excluding hydrogens is 515 g/mol. The summed E-state index contributed by atoms with van der Waals surface area (Å²) in [5.41, 5.74) is 0. The van der Waals surface area contributed by atoms with Crippen molar-refractivity contribution in [2.24, 2.45) is 5.92 Å². The Morgan fingerprint density at radius 3 is 2.05 bits per heavy atom. The number of hydrogen-bond donors (Lipinski definition) is 5. The smallest absolute Gasteiger partial charge is 0.330 e. The van der Waals surface area contributed by atoms with Crippen LogP contribution in [0, 0.1) is 5.92 Å². The van der Waals surface area contributed by atoms with Crippen LogP contribution in [0.25, 0.3) is 0 Å². The van der Waals surface area contributed by atoms with Gasteiger partial charge in [-0.2, -0.15) is 0 Å². The van der Waals surface area contributed by atoms with Gasteiger partial charge in [0.1, 0.15) is 12.4 Å². The molecule has 0 spiro atoms. The summed E-state index contributed by atoms with van der Waals surface area (Å²) in [5, 5.41) is 37.0. The molecular formula is C27H55O10P. The predicted octanol–water partition coefficient (Wildman–Crippen LogP) is 4.74. The maximum absolute atomic E-state index is 10.0. The van der Waals surface area contributed by atoms with Gasteiger partial charge in [-0.3, -0.25) is 4.79 Å². The lowest BCUT2D eigenvalue weighted by Gasteiger charge is -2.34. The summed E-state index contributed by atoms with van der Waals surface area (Å²) in [6.45, 7) is 7.02. The number of methoxy groups -OCH3 is 1. The molecule has 10 nitrogen and oxygen atoms in total. The SMILES string of the molecule is CCCCCCCC(=O)O.CCCCCCCC=O.COCC(C)COP(O)OC1CC(O)CC(O)C1O. The number of rotatable bonds is 19. The van der Waals surface area contributed by atoms with Crippen LogP contribution in [0.4, 0.5) is 0 Å². The van der Waals surface area contributed by atoms with Crippen LogP contribution in [0.1, 0.15) is 111 Å². The van der Waals surface area contributed by atoms with E-state index in [1.165, 1.54) is 44.9 Å². The maximum Gasteiger partial charge on any atom is 0.330 e. The number of aliphatic carboxylic acids is 1. The van der Waals surface area contributed by atoms with E-state index in [1.807, 2.05) is 6.92 Å². The molecule has 0 bridgehead atoms. The van der Waals surface area contributed by atoms with E-state index in [9.17, 15) is 29.8 Å². The molecule has 0 aliphatic heterocycles. The first-order valence-corrected chi connectivity index (χ1v) is 15.2. The molecule has 6 atom stereocenters. The largest absolute Gasteiger partial charge is 0.481 e. The number of aldehydes is 1. The summed E-state index contributed by atoms with van der Waals surface area (Å²) in [4.78, 5) is 29.5. The van der Waals surface area contributed by atoms with Crippen LogP contribution >= 0.6 is 8.60 Å². The van der Waals surface area contributed by atoms with E-state index in [2.05, 4.69) is 13.8 Å². The van der Waals surface area contributed by atoms with Crippen molar-refractivity contribution in [1.82, 2.24) is 0 Å². The third-order valence-electron chi connectivity index (χ3n) is 5.86. The number of aliphatic hydroxyl groups excluding tert-OH is 3. The first-order chi connectivity index (χ1) is 18.1. The minimum atomic E-state index is -2.15. The first-order valence-electron chi connectivity index (χ1n) is 14.1. The molecule has 0 saturated heterocycles. The van der Waals surface area contributed by atoms with Crippen molar-refractivity contribution < 1.29 is 48.7 Å². The van der Waals surface area contributed by atoms with Crippen molar-refractivity contribution in [3.8, 4) is 0 Å². The molecule has 1 fully saturated rings. The zero-order valence-corrected chi connectivity index (χ0v) is 24.9. The van der Waals surface area contributed by atoms with Crippen LogP contribution in [-0.4, -0.2) is 82.3 Å². The van der Waals surface area contributed by atoms with Gasteiger partial charge >= 0.3 is 14.6 Å². The number of carboxylic acids is 1. The molecule has 0 amide bonds. The summed E-state index contributed by atoms with van der Waals surface area (Å²) in [5.74, 6) is -0.560. The number of ether oxygens (including phenoxy) is 1. The van der Waals surface area contributed by atoms with Gasteiger partial charge in [-0.1, -0.05) is 72.1 Å². The highest BCUT2D eigenvalue weighted by Gasteiger charge is 2.37. The maximum atomic E-state index is 10.0. The van der Waals surface area contributed by atoms with Gasteiger partial charge in [0.2, 0.25) is 0 Å². The van der Waals surface area contributed by atoms with Crippen molar-refractivity contribution in [2.75, 3.05) is 20.3 Å². The molecule has 0 aromatic carbocycles. The monoisotopic (exact) mass is 570 g/mol. The molecule has 1 aliphatic carbocycles. The van der Waals surface area contributed by atoms with Gasteiger partial charge in [-0.25, -0.2) is 0 Å². The topological polar surface area (TPSA) is 163 Å². The Bertz CT molecular complexity index is 540. The minimum absolute atomic E-state index is 0.107. The van der Waals surface area contributed by atoms with Crippen LogP contribution in [0.3, 0.4) is 0 Å². The Balaban J connectivity index is 0. The molecule has 1 aliphatic rings. The molecule has 5 N–H and O–H groups in total.